The number of nitrogens with zero attached hydrogens (tertiary/aromatic N) is 1. The first-order chi connectivity index (χ1) is 6.34. The third-order valence-electron chi connectivity index (χ3n) is 2.99. The first-order valence-corrected chi connectivity index (χ1v) is 6.18. The number of alkyl halides is 1. The Bertz CT molecular complexity index is 117. The lowest BCUT2D eigenvalue weighted by Gasteiger charge is -2.27. The molecule has 0 unspecified atom stereocenters. The Labute approximate surface area is 87.4 Å². The van der Waals surface area contributed by atoms with Crippen molar-refractivity contribution >= 4 is 11.6 Å². The number of hydrogen-bond acceptors (Lipinski definition) is 1. The van der Waals surface area contributed by atoms with Gasteiger partial charge in [0, 0.05) is 11.9 Å². The van der Waals surface area contributed by atoms with Crippen LogP contribution in [0.3, 0.4) is 0 Å². The molecule has 78 valence electrons. The molecule has 2 heteroatoms. The highest BCUT2D eigenvalue weighted by Gasteiger charge is 2.12. The van der Waals surface area contributed by atoms with Crippen LogP contribution < -0.4 is 0 Å². The molecule has 0 aliphatic carbocycles. The highest BCUT2D eigenvalue weighted by molar-refractivity contribution is 6.18. The molecule has 1 rings (SSSR count). The van der Waals surface area contributed by atoms with E-state index in [1.54, 1.807) is 0 Å². The van der Waals surface area contributed by atoms with Crippen LogP contribution in [-0.2, 0) is 0 Å². The van der Waals surface area contributed by atoms with Crippen molar-refractivity contribution in [2.75, 3.05) is 19.0 Å². The summed E-state index contributed by atoms with van der Waals surface area (Å²) in [5.74, 6) is 0.778. The summed E-state index contributed by atoms with van der Waals surface area (Å²) >= 11 is 5.88. The van der Waals surface area contributed by atoms with Gasteiger partial charge in [0.1, 0.15) is 0 Å². The second-order valence-corrected chi connectivity index (χ2v) is 4.47. The number of hydrogen-bond donors (Lipinski definition) is 0. The summed E-state index contributed by atoms with van der Waals surface area (Å²) in [6, 6.07) is 0.569. The summed E-state index contributed by atoms with van der Waals surface area (Å²) in [6.07, 6.45) is 8.41. The minimum absolute atomic E-state index is 0.569. The van der Waals surface area contributed by atoms with E-state index in [2.05, 4.69) is 11.8 Å². The summed E-state index contributed by atoms with van der Waals surface area (Å²) in [5.41, 5.74) is 0. The van der Waals surface area contributed by atoms with Crippen molar-refractivity contribution < 1.29 is 0 Å². The Morgan fingerprint density at radius 2 is 1.46 bits per heavy atom. The van der Waals surface area contributed by atoms with Gasteiger partial charge in [-0.15, -0.1) is 11.6 Å². The summed E-state index contributed by atoms with van der Waals surface area (Å²) in [6.45, 7) is 4.76. The highest BCUT2D eigenvalue weighted by Crippen LogP contribution is 2.13. The molecule has 1 aliphatic rings. The summed E-state index contributed by atoms with van der Waals surface area (Å²) < 4.78 is 0. The summed E-state index contributed by atoms with van der Waals surface area (Å²) in [4.78, 5) is 2.55. The fraction of sp³-hybridized carbons (Fsp3) is 1.00. The zero-order valence-corrected chi connectivity index (χ0v) is 9.52. The fourth-order valence-electron chi connectivity index (χ4n) is 1.99. The van der Waals surface area contributed by atoms with Crippen molar-refractivity contribution in [3.05, 3.63) is 0 Å². The largest absolute Gasteiger partial charge is 0.299 e. The molecule has 0 radical (unpaired) electrons. The van der Waals surface area contributed by atoms with Crippen LogP contribution in [0.2, 0.25) is 0 Å². The molecular weight excluding hydrogens is 182 g/mol. The predicted octanol–water partition coefficient (Wildman–Crippen LogP) is 3.27. The molecule has 0 spiro atoms. The zero-order chi connectivity index (χ0) is 9.52. The smallest absolute Gasteiger partial charge is 0.0376 e. The SMILES string of the molecule is C[C@@H](CCl)N1CCCCCCCC1. The molecule has 0 N–H and O–H groups in total. The monoisotopic (exact) mass is 203 g/mol. The van der Waals surface area contributed by atoms with Crippen LogP contribution in [0.25, 0.3) is 0 Å². The second-order valence-electron chi connectivity index (χ2n) is 4.16. The van der Waals surface area contributed by atoms with Crippen molar-refractivity contribution in [2.24, 2.45) is 0 Å². The van der Waals surface area contributed by atoms with Crippen LogP contribution >= 0.6 is 11.6 Å². The lowest BCUT2D eigenvalue weighted by atomic mass is 10.1. The summed E-state index contributed by atoms with van der Waals surface area (Å²) in [7, 11) is 0. The van der Waals surface area contributed by atoms with Crippen molar-refractivity contribution in [3.63, 3.8) is 0 Å². The predicted molar refractivity (Wildman–Crippen MR) is 59.5 cm³/mol. The molecule has 1 nitrogen and oxygen atoms in total. The maximum atomic E-state index is 5.88. The van der Waals surface area contributed by atoms with Crippen LogP contribution in [0.15, 0.2) is 0 Å². The van der Waals surface area contributed by atoms with Crippen LogP contribution in [0.5, 0.6) is 0 Å². The molecule has 13 heavy (non-hydrogen) atoms. The third kappa shape index (κ3) is 4.33. The Morgan fingerprint density at radius 3 is 1.92 bits per heavy atom. The van der Waals surface area contributed by atoms with E-state index in [0.29, 0.717) is 6.04 Å². The number of halogens is 1. The second kappa shape index (κ2) is 6.67. The minimum atomic E-state index is 0.569. The first-order valence-electron chi connectivity index (χ1n) is 5.64. The van der Waals surface area contributed by atoms with Crippen molar-refractivity contribution in [1.82, 2.24) is 4.90 Å². The van der Waals surface area contributed by atoms with Crippen LogP contribution in [-0.4, -0.2) is 29.9 Å². The van der Waals surface area contributed by atoms with E-state index in [-0.39, 0.29) is 0 Å². The van der Waals surface area contributed by atoms with Gasteiger partial charge in [-0.05, 0) is 32.9 Å². The van der Waals surface area contributed by atoms with E-state index in [9.17, 15) is 0 Å². The van der Waals surface area contributed by atoms with E-state index in [1.807, 2.05) is 0 Å². The molecular formula is C11H22ClN. The lowest BCUT2D eigenvalue weighted by molar-refractivity contribution is 0.220. The van der Waals surface area contributed by atoms with E-state index in [0.717, 1.165) is 5.88 Å². The Morgan fingerprint density at radius 1 is 1.00 bits per heavy atom. The van der Waals surface area contributed by atoms with Gasteiger partial charge >= 0.3 is 0 Å². The Hall–Kier alpha value is 0.250. The molecule has 1 fully saturated rings. The molecule has 1 aliphatic heterocycles. The number of rotatable bonds is 2. The summed E-state index contributed by atoms with van der Waals surface area (Å²) in [5, 5.41) is 0. The topological polar surface area (TPSA) is 3.24 Å². The van der Waals surface area contributed by atoms with Gasteiger partial charge in [0.2, 0.25) is 0 Å². The van der Waals surface area contributed by atoms with Gasteiger partial charge in [-0.2, -0.15) is 0 Å². The van der Waals surface area contributed by atoms with Gasteiger partial charge in [-0.1, -0.05) is 25.7 Å². The molecule has 0 aromatic rings. The highest BCUT2D eigenvalue weighted by atomic mass is 35.5. The molecule has 1 saturated heterocycles. The quantitative estimate of drug-likeness (QED) is 0.623. The minimum Gasteiger partial charge on any atom is -0.299 e. The fourth-order valence-corrected chi connectivity index (χ4v) is 2.18. The molecule has 1 atom stereocenters. The van der Waals surface area contributed by atoms with Crippen LogP contribution in [0.4, 0.5) is 0 Å². The average Bonchev–Trinajstić information content (AvgIpc) is 2.29. The Kier molecular flexibility index (Phi) is 5.81. The van der Waals surface area contributed by atoms with Gasteiger partial charge in [0.15, 0.2) is 0 Å². The molecule has 0 bridgehead atoms. The standard InChI is InChI=1S/C11H22ClN/c1-11(10-12)13-8-6-4-2-3-5-7-9-13/h11H,2-10H2,1H3/t11-/m0/s1. The van der Waals surface area contributed by atoms with E-state index < -0.39 is 0 Å². The molecule has 0 amide bonds. The van der Waals surface area contributed by atoms with Crippen LogP contribution in [0, 0.1) is 0 Å². The molecule has 1 heterocycles. The van der Waals surface area contributed by atoms with Crippen molar-refractivity contribution in [1.29, 1.82) is 0 Å². The van der Waals surface area contributed by atoms with Crippen molar-refractivity contribution in [3.8, 4) is 0 Å². The van der Waals surface area contributed by atoms with Gasteiger partial charge in [-0.3, -0.25) is 4.90 Å². The van der Waals surface area contributed by atoms with Gasteiger partial charge in [0.05, 0.1) is 0 Å². The molecule has 0 aromatic heterocycles. The lowest BCUT2D eigenvalue weighted by Crippen LogP contribution is -2.35. The maximum absolute atomic E-state index is 5.88. The zero-order valence-electron chi connectivity index (χ0n) is 8.77. The first kappa shape index (κ1) is 11.3. The Balaban J connectivity index is 2.31. The average molecular weight is 204 g/mol. The van der Waals surface area contributed by atoms with E-state index >= 15 is 0 Å². The van der Waals surface area contributed by atoms with E-state index in [1.165, 1.54) is 51.6 Å². The normalized spacial score (nSPS) is 24.5. The van der Waals surface area contributed by atoms with Gasteiger partial charge in [-0.25, -0.2) is 0 Å². The van der Waals surface area contributed by atoms with Crippen molar-refractivity contribution in [2.45, 2.75) is 51.5 Å². The maximum Gasteiger partial charge on any atom is 0.0376 e. The van der Waals surface area contributed by atoms with Crippen LogP contribution in [0.1, 0.15) is 45.4 Å². The third-order valence-corrected chi connectivity index (χ3v) is 3.43. The van der Waals surface area contributed by atoms with Gasteiger partial charge < -0.3 is 0 Å². The molecule has 0 aromatic carbocycles. The van der Waals surface area contributed by atoms with Gasteiger partial charge in [0.25, 0.3) is 0 Å². The van der Waals surface area contributed by atoms with E-state index in [4.69, 9.17) is 11.6 Å². The molecule has 0 saturated carbocycles.